The summed E-state index contributed by atoms with van der Waals surface area (Å²) < 4.78 is 6.18. The zero-order valence-corrected chi connectivity index (χ0v) is 19.4. The van der Waals surface area contributed by atoms with Gasteiger partial charge in [-0.2, -0.15) is 0 Å². The lowest BCUT2D eigenvalue weighted by atomic mass is 10.2. The van der Waals surface area contributed by atoms with Crippen molar-refractivity contribution >= 4 is 56.6 Å². The van der Waals surface area contributed by atoms with Crippen LogP contribution in [0.25, 0.3) is 11.4 Å². The maximum absolute atomic E-state index is 12.3. The summed E-state index contributed by atoms with van der Waals surface area (Å²) in [7, 11) is 0. The lowest BCUT2D eigenvalue weighted by Gasteiger charge is -2.29. The number of halogens is 2. The number of ether oxygens (including phenoxy) is 1. The van der Waals surface area contributed by atoms with Gasteiger partial charge in [0, 0.05) is 23.2 Å². The molecule has 0 saturated carbocycles. The minimum Gasteiger partial charge on any atom is -0.507 e. The number of morpholine rings is 1. The highest BCUT2D eigenvalue weighted by molar-refractivity contribution is 9.10. The van der Waals surface area contributed by atoms with E-state index in [0.29, 0.717) is 40.5 Å². The highest BCUT2D eigenvalue weighted by atomic mass is 79.9. The molecule has 4 rings (SSSR count). The van der Waals surface area contributed by atoms with E-state index >= 15 is 0 Å². The predicted octanol–water partition coefficient (Wildman–Crippen LogP) is 4.16. The number of H-pyrrole nitrogens is 1. The summed E-state index contributed by atoms with van der Waals surface area (Å²) in [5.74, 6) is 0.444. The van der Waals surface area contributed by atoms with E-state index in [1.54, 1.807) is 24.3 Å². The van der Waals surface area contributed by atoms with Crippen molar-refractivity contribution in [2.75, 3.05) is 42.3 Å². The molecule has 0 aliphatic carbocycles. The molecule has 1 saturated heterocycles. The van der Waals surface area contributed by atoms with Crippen LogP contribution in [0, 0.1) is 0 Å². The number of hydrogen-bond donors (Lipinski definition) is 3. The van der Waals surface area contributed by atoms with Crippen LogP contribution in [0.3, 0.4) is 0 Å². The van der Waals surface area contributed by atoms with Gasteiger partial charge in [0.1, 0.15) is 5.75 Å². The summed E-state index contributed by atoms with van der Waals surface area (Å²) >= 11 is 11.0. The van der Waals surface area contributed by atoms with Gasteiger partial charge in [-0.3, -0.25) is 9.89 Å². The molecule has 1 fully saturated rings. The summed E-state index contributed by atoms with van der Waals surface area (Å²) in [5.41, 5.74) is 2.08. The zero-order chi connectivity index (χ0) is 21.8. The standard InChI is InChI=1S/C20H19BrClN5O3S/c21-12-1-4-17(28)14(9-12)19-24-20(26-25-19)31-11-18(29)23-13-2-3-16(15(22)10-13)27-5-7-30-8-6-27/h1-4,9-10,28H,5-8,11H2,(H,23,29)(H,24,25,26). The Kier molecular flexibility index (Phi) is 7.01. The molecular formula is C20H19BrClN5O3S. The molecule has 31 heavy (non-hydrogen) atoms. The Morgan fingerprint density at radius 3 is 2.87 bits per heavy atom. The lowest BCUT2D eigenvalue weighted by Crippen LogP contribution is -2.36. The van der Waals surface area contributed by atoms with Gasteiger partial charge in [-0.15, -0.1) is 5.10 Å². The molecule has 0 unspecified atom stereocenters. The van der Waals surface area contributed by atoms with E-state index in [1.807, 2.05) is 12.1 Å². The maximum Gasteiger partial charge on any atom is 0.234 e. The first-order valence-electron chi connectivity index (χ1n) is 9.46. The van der Waals surface area contributed by atoms with Crippen molar-refractivity contribution in [2.24, 2.45) is 0 Å². The highest BCUT2D eigenvalue weighted by Gasteiger charge is 2.16. The number of hydrogen-bond acceptors (Lipinski definition) is 7. The number of benzene rings is 2. The number of phenols is 1. The Balaban J connectivity index is 1.34. The minimum absolute atomic E-state index is 0.0889. The molecule has 3 aromatic rings. The van der Waals surface area contributed by atoms with Crippen molar-refractivity contribution in [3.63, 3.8) is 0 Å². The quantitative estimate of drug-likeness (QED) is 0.416. The van der Waals surface area contributed by atoms with Gasteiger partial charge in [0.05, 0.1) is 35.2 Å². The molecule has 3 N–H and O–H groups in total. The second kappa shape index (κ2) is 9.90. The normalized spacial score (nSPS) is 13.9. The number of aromatic amines is 1. The van der Waals surface area contributed by atoms with Crippen LogP contribution in [-0.4, -0.2) is 58.3 Å². The Bertz CT molecular complexity index is 1090. The first-order valence-corrected chi connectivity index (χ1v) is 11.6. The van der Waals surface area contributed by atoms with E-state index in [1.165, 1.54) is 11.8 Å². The molecule has 8 nitrogen and oxygen atoms in total. The molecule has 0 bridgehead atoms. The van der Waals surface area contributed by atoms with Gasteiger partial charge in [-0.25, -0.2) is 4.98 Å². The largest absolute Gasteiger partial charge is 0.507 e. The van der Waals surface area contributed by atoms with Gasteiger partial charge in [-0.05, 0) is 36.4 Å². The summed E-state index contributed by atoms with van der Waals surface area (Å²) in [6.07, 6.45) is 0. The summed E-state index contributed by atoms with van der Waals surface area (Å²) in [6, 6.07) is 10.5. The average Bonchev–Trinajstić information content (AvgIpc) is 3.23. The third-order valence-electron chi connectivity index (χ3n) is 4.59. The minimum atomic E-state index is -0.197. The number of anilines is 2. The number of aromatic nitrogens is 3. The molecule has 1 aliphatic rings. The summed E-state index contributed by atoms with van der Waals surface area (Å²) in [5, 5.41) is 20.7. The van der Waals surface area contributed by atoms with Crippen molar-refractivity contribution < 1.29 is 14.6 Å². The van der Waals surface area contributed by atoms with Crippen LogP contribution < -0.4 is 10.2 Å². The van der Waals surface area contributed by atoms with Crippen molar-refractivity contribution in [3.8, 4) is 17.1 Å². The fourth-order valence-corrected chi connectivity index (χ4v) is 4.36. The lowest BCUT2D eigenvalue weighted by molar-refractivity contribution is -0.113. The average molecular weight is 525 g/mol. The third-order valence-corrected chi connectivity index (χ3v) is 6.24. The summed E-state index contributed by atoms with van der Waals surface area (Å²) in [6.45, 7) is 2.93. The van der Waals surface area contributed by atoms with Gasteiger partial charge < -0.3 is 20.1 Å². The van der Waals surface area contributed by atoms with Crippen molar-refractivity contribution in [1.29, 1.82) is 0 Å². The first kappa shape index (κ1) is 21.9. The van der Waals surface area contributed by atoms with E-state index < -0.39 is 0 Å². The van der Waals surface area contributed by atoms with E-state index in [-0.39, 0.29) is 17.4 Å². The number of phenolic OH excluding ortho intramolecular Hbond substituents is 1. The molecule has 1 amide bonds. The molecule has 0 radical (unpaired) electrons. The monoisotopic (exact) mass is 523 g/mol. The van der Waals surface area contributed by atoms with E-state index in [9.17, 15) is 9.90 Å². The third kappa shape index (κ3) is 5.51. The van der Waals surface area contributed by atoms with Crippen LogP contribution in [0.15, 0.2) is 46.0 Å². The van der Waals surface area contributed by atoms with E-state index in [4.69, 9.17) is 16.3 Å². The van der Waals surface area contributed by atoms with Crippen LogP contribution in [0.5, 0.6) is 5.75 Å². The van der Waals surface area contributed by atoms with Crippen molar-refractivity contribution in [3.05, 3.63) is 45.9 Å². The molecule has 0 atom stereocenters. The molecule has 2 heterocycles. The second-order valence-corrected chi connectivity index (χ2v) is 9.00. The number of thioether (sulfide) groups is 1. The van der Waals surface area contributed by atoms with Crippen LogP contribution >= 0.6 is 39.3 Å². The predicted molar refractivity (Wildman–Crippen MR) is 125 cm³/mol. The number of nitrogens with zero attached hydrogens (tertiary/aromatic N) is 3. The number of carbonyl (C=O) groups is 1. The molecule has 11 heteroatoms. The Hall–Kier alpha value is -2.27. The number of amides is 1. The Labute approximate surface area is 196 Å². The number of rotatable bonds is 6. The van der Waals surface area contributed by atoms with Crippen LogP contribution in [0.4, 0.5) is 11.4 Å². The Morgan fingerprint density at radius 1 is 1.29 bits per heavy atom. The highest BCUT2D eigenvalue weighted by Crippen LogP contribution is 2.31. The number of nitrogens with one attached hydrogen (secondary N) is 2. The first-order chi connectivity index (χ1) is 15.0. The van der Waals surface area contributed by atoms with Gasteiger partial charge in [0.15, 0.2) is 5.82 Å². The van der Waals surface area contributed by atoms with Gasteiger partial charge in [0.25, 0.3) is 0 Å². The van der Waals surface area contributed by atoms with Crippen LogP contribution in [0.2, 0.25) is 5.02 Å². The molecule has 1 aliphatic heterocycles. The van der Waals surface area contributed by atoms with Crippen LogP contribution in [-0.2, 0) is 9.53 Å². The topological polar surface area (TPSA) is 103 Å². The molecule has 1 aromatic heterocycles. The van der Waals surface area contributed by atoms with Gasteiger partial charge in [0.2, 0.25) is 11.1 Å². The second-order valence-electron chi connectivity index (χ2n) is 6.73. The fraction of sp³-hybridized carbons (Fsp3) is 0.250. The SMILES string of the molecule is O=C(CSc1n[nH]c(-c2cc(Br)ccc2O)n1)Nc1ccc(N2CCOCC2)c(Cl)c1. The smallest absolute Gasteiger partial charge is 0.234 e. The van der Waals surface area contributed by atoms with E-state index in [0.717, 1.165) is 23.2 Å². The van der Waals surface area contributed by atoms with Gasteiger partial charge in [-0.1, -0.05) is 39.3 Å². The molecule has 0 spiro atoms. The molecule has 162 valence electrons. The zero-order valence-electron chi connectivity index (χ0n) is 16.3. The number of carbonyl (C=O) groups excluding carboxylic acids is 1. The summed E-state index contributed by atoms with van der Waals surface area (Å²) in [4.78, 5) is 18.8. The maximum atomic E-state index is 12.3. The van der Waals surface area contributed by atoms with Crippen molar-refractivity contribution in [2.45, 2.75) is 5.16 Å². The van der Waals surface area contributed by atoms with E-state index in [2.05, 4.69) is 41.3 Å². The van der Waals surface area contributed by atoms with Gasteiger partial charge >= 0.3 is 0 Å². The number of aromatic hydroxyl groups is 1. The fourth-order valence-electron chi connectivity index (χ4n) is 3.10. The molecular weight excluding hydrogens is 506 g/mol. The molecule has 2 aromatic carbocycles. The Morgan fingerprint density at radius 2 is 2.10 bits per heavy atom. The van der Waals surface area contributed by atoms with Crippen molar-refractivity contribution in [1.82, 2.24) is 15.2 Å². The van der Waals surface area contributed by atoms with Crippen LogP contribution in [0.1, 0.15) is 0 Å².